The lowest BCUT2D eigenvalue weighted by Crippen LogP contribution is -2.11. The molecule has 3 rings (SSSR count). The number of para-hydroxylation sites is 1. The predicted octanol–water partition coefficient (Wildman–Crippen LogP) is 4.72. The van der Waals surface area contributed by atoms with E-state index in [0.717, 1.165) is 27.6 Å². The number of ether oxygens (including phenoxy) is 1. The van der Waals surface area contributed by atoms with Crippen molar-refractivity contribution in [3.63, 3.8) is 0 Å². The number of benzene rings is 1. The molecule has 0 radical (unpaired) electrons. The molecule has 4 heteroatoms. The Bertz CT molecular complexity index is 847. The van der Waals surface area contributed by atoms with Crippen molar-refractivity contribution in [3.05, 3.63) is 71.7 Å². The molecule has 1 atom stereocenters. The highest BCUT2D eigenvalue weighted by atomic mass is 16.5. The third-order valence-electron chi connectivity index (χ3n) is 4.17. The molecule has 0 saturated carbocycles. The van der Waals surface area contributed by atoms with Crippen LogP contribution in [0.25, 0.3) is 10.9 Å². The van der Waals surface area contributed by atoms with Crippen molar-refractivity contribution >= 4 is 16.7 Å². The molecule has 4 nitrogen and oxygen atoms in total. The van der Waals surface area contributed by atoms with E-state index in [0.29, 0.717) is 12.8 Å². The molecule has 0 aliphatic rings. The minimum Gasteiger partial charge on any atom is -0.377 e. The smallest absolute Gasteiger partial charge is 0.141 e. The first-order valence-corrected chi connectivity index (χ1v) is 8.99. The SMILES string of the molecule is CC.COC(C)c1c(CC(=O)Cc2cccnc2)cnc2ccccc12. The van der Waals surface area contributed by atoms with Gasteiger partial charge in [-0.3, -0.25) is 14.8 Å². The van der Waals surface area contributed by atoms with Gasteiger partial charge in [0.1, 0.15) is 5.78 Å². The first kappa shape index (κ1) is 19.7. The molecule has 0 spiro atoms. The molecule has 1 aromatic carbocycles. The standard InChI is InChI=1S/C20H20N2O2.C2H6/c1-14(24-2)20-16(13-22-19-8-4-3-7-18(19)20)11-17(23)10-15-6-5-9-21-12-15;1-2/h3-9,12-14H,10-11H2,1-2H3;1-2H3. The fraction of sp³-hybridized carbons (Fsp3) is 0.318. The van der Waals surface area contributed by atoms with Crippen LogP contribution in [0, 0.1) is 0 Å². The number of Topliss-reactive ketones (excluding diaryl/α,β-unsaturated/α-hetero) is 1. The number of carbonyl (C=O) groups is 1. The first-order valence-electron chi connectivity index (χ1n) is 8.99. The number of rotatable bonds is 6. The maximum Gasteiger partial charge on any atom is 0.141 e. The fourth-order valence-corrected chi connectivity index (χ4v) is 2.95. The Kier molecular flexibility index (Phi) is 7.42. The zero-order chi connectivity index (χ0) is 18.9. The van der Waals surface area contributed by atoms with Gasteiger partial charge in [0, 0.05) is 43.9 Å². The first-order chi connectivity index (χ1) is 12.7. The van der Waals surface area contributed by atoms with Crippen LogP contribution in [0.5, 0.6) is 0 Å². The second kappa shape index (κ2) is 9.78. The van der Waals surface area contributed by atoms with Crippen LogP contribution in [0.2, 0.25) is 0 Å². The van der Waals surface area contributed by atoms with Gasteiger partial charge in [-0.15, -0.1) is 0 Å². The summed E-state index contributed by atoms with van der Waals surface area (Å²) in [7, 11) is 1.68. The number of hydrogen-bond acceptors (Lipinski definition) is 4. The van der Waals surface area contributed by atoms with Gasteiger partial charge in [0.2, 0.25) is 0 Å². The lowest BCUT2D eigenvalue weighted by molar-refractivity contribution is -0.117. The topological polar surface area (TPSA) is 52.1 Å². The van der Waals surface area contributed by atoms with Crippen molar-refractivity contribution in [2.45, 2.75) is 39.7 Å². The number of pyridine rings is 2. The number of methoxy groups -OCH3 is 1. The summed E-state index contributed by atoms with van der Waals surface area (Å²) in [5.74, 6) is 0.143. The highest BCUT2D eigenvalue weighted by Gasteiger charge is 2.17. The van der Waals surface area contributed by atoms with Crippen molar-refractivity contribution in [1.29, 1.82) is 0 Å². The van der Waals surface area contributed by atoms with E-state index in [1.54, 1.807) is 25.7 Å². The van der Waals surface area contributed by atoms with E-state index >= 15 is 0 Å². The van der Waals surface area contributed by atoms with Crippen LogP contribution < -0.4 is 0 Å². The summed E-state index contributed by atoms with van der Waals surface area (Å²) in [6.45, 7) is 6.00. The summed E-state index contributed by atoms with van der Waals surface area (Å²) in [6.07, 6.45) is 5.86. The summed E-state index contributed by atoms with van der Waals surface area (Å²) < 4.78 is 5.54. The molecular weight excluding hydrogens is 324 g/mol. The Hall–Kier alpha value is -2.59. The monoisotopic (exact) mass is 350 g/mol. The Morgan fingerprint density at radius 1 is 1.08 bits per heavy atom. The van der Waals surface area contributed by atoms with Gasteiger partial charge in [0.25, 0.3) is 0 Å². The number of carbonyl (C=O) groups excluding carboxylic acids is 1. The molecule has 2 heterocycles. The van der Waals surface area contributed by atoms with E-state index < -0.39 is 0 Å². The van der Waals surface area contributed by atoms with Crippen LogP contribution in [0.1, 0.15) is 43.6 Å². The minimum atomic E-state index is -0.0981. The van der Waals surface area contributed by atoms with Gasteiger partial charge in [-0.25, -0.2) is 0 Å². The summed E-state index contributed by atoms with van der Waals surface area (Å²) in [5, 5.41) is 1.04. The molecule has 0 aliphatic heterocycles. The highest BCUT2D eigenvalue weighted by Crippen LogP contribution is 2.28. The number of ketones is 1. The number of fused-ring (bicyclic) bond motifs is 1. The molecule has 0 bridgehead atoms. The van der Waals surface area contributed by atoms with Gasteiger partial charge in [-0.05, 0) is 35.7 Å². The molecule has 1 unspecified atom stereocenters. The van der Waals surface area contributed by atoms with Gasteiger partial charge in [-0.1, -0.05) is 38.1 Å². The molecule has 0 amide bonds. The van der Waals surface area contributed by atoms with E-state index in [4.69, 9.17) is 4.74 Å². The summed E-state index contributed by atoms with van der Waals surface area (Å²) in [5.41, 5.74) is 3.82. The summed E-state index contributed by atoms with van der Waals surface area (Å²) >= 11 is 0. The Balaban J connectivity index is 0.00000117. The Morgan fingerprint density at radius 3 is 2.54 bits per heavy atom. The lowest BCUT2D eigenvalue weighted by Gasteiger charge is -2.17. The van der Waals surface area contributed by atoms with Crippen LogP contribution in [-0.2, 0) is 22.4 Å². The Labute approximate surface area is 155 Å². The second-order valence-corrected chi connectivity index (χ2v) is 5.85. The van der Waals surface area contributed by atoms with Crippen molar-refractivity contribution in [2.75, 3.05) is 7.11 Å². The molecular formula is C22H26N2O2. The third kappa shape index (κ3) is 4.73. The normalized spacial score (nSPS) is 11.5. The lowest BCUT2D eigenvalue weighted by atomic mass is 9.95. The molecule has 0 fully saturated rings. The molecule has 0 saturated heterocycles. The van der Waals surface area contributed by atoms with Crippen molar-refractivity contribution in [2.24, 2.45) is 0 Å². The van der Waals surface area contributed by atoms with Gasteiger partial charge < -0.3 is 4.74 Å². The Morgan fingerprint density at radius 2 is 1.85 bits per heavy atom. The van der Waals surface area contributed by atoms with Crippen molar-refractivity contribution in [1.82, 2.24) is 9.97 Å². The van der Waals surface area contributed by atoms with Crippen molar-refractivity contribution < 1.29 is 9.53 Å². The molecule has 26 heavy (non-hydrogen) atoms. The van der Waals surface area contributed by atoms with Crippen LogP contribution >= 0.6 is 0 Å². The average molecular weight is 350 g/mol. The van der Waals surface area contributed by atoms with Crippen LogP contribution in [-0.4, -0.2) is 22.9 Å². The van der Waals surface area contributed by atoms with Gasteiger partial charge in [0.05, 0.1) is 11.6 Å². The van der Waals surface area contributed by atoms with E-state index in [2.05, 4.69) is 9.97 Å². The maximum atomic E-state index is 12.5. The largest absolute Gasteiger partial charge is 0.377 e. The quantitative estimate of drug-likeness (QED) is 0.645. The van der Waals surface area contributed by atoms with Gasteiger partial charge >= 0.3 is 0 Å². The van der Waals surface area contributed by atoms with E-state index in [1.807, 2.05) is 57.2 Å². The number of nitrogens with zero attached hydrogens (tertiary/aromatic N) is 2. The number of hydrogen-bond donors (Lipinski definition) is 0. The molecule has 2 aromatic heterocycles. The molecule has 136 valence electrons. The summed E-state index contributed by atoms with van der Waals surface area (Å²) in [6, 6.07) is 11.7. The van der Waals surface area contributed by atoms with Crippen molar-refractivity contribution in [3.8, 4) is 0 Å². The third-order valence-corrected chi connectivity index (χ3v) is 4.17. The average Bonchev–Trinajstić information content (AvgIpc) is 2.69. The van der Waals surface area contributed by atoms with Crippen LogP contribution in [0.3, 0.4) is 0 Å². The molecule has 3 aromatic rings. The van der Waals surface area contributed by atoms with Crippen LogP contribution in [0.4, 0.5) is 0 Å². The summed E-state index contributed by atoms with van der Waals surface area (Å²) in [4.78, 5) is 21.0. The zero-order valence-electron chi connectivity index (χ0n) is 15.9. The molecule has 0 aliphatic carbocycles. The van der Waals surface area contributed by atoms with Gasteiger partial charge in [-0.2, -0.15) is 0 Å². The van der Waals surface area contributed by atoms with Gasteiger partial charge in [0.15, 0.2) is 0 Å². The van der Waals surface area contributed by atoms with E-state index in [1.165, 1.54) is 0 Å². The zero-order valence-corrected chi connectivity index (χ0v) is 15.9. The van der Waals surface area contributed by atoms with Crippen LogP contribution in [0.15, 0.2) is 55.0 Å². The number of aromatic nitrogens is 2. The maximum absolute atomic E-state index is 12.5. The molecule has 0 N–H and O–H groups in total. The highest BCUT2D eigenvalue weighted by molar-refractivity contribution is 5.87. The van der Waals surface area contributed by atoms with E-state index in [9.17, 15) is 4.79 Å². The predicted molar refractivity (Wildman–Crippen MR) is 105 cm³/mol. The fourth-order valence-electron chi connectivity index (χ4n) is 2.95. The minimum absolute atomic E-state index is 0.0981. The second-order valence-electron chi connectivity index (χ2n) is 5.85. The van der Waals surface area contributed by atoms with E-state index in [-0.39, 0.29) is 11.9 Å².